The normalized spacial score (nSPS) is 23.9. The third kappa shape index (κ3) is 3.81. The summed E-state index contributed by atoms with van der Waals surface area (Å²) in [6, 6.07) is 1.90. The van der Waals surface area contributed by atoms with E-state index in [2.05, 4.69) is 17.0 Å². The summed E-state index contributed by atoms with van der Waals surface area (Å²) in [4.78, 5) is 2.38. The molecule has 1 aliphatic rings. The second-order valence-corrected chi connectivity index (χ2v) is 8.76. The van der Waals surface area contributed by atoms with Gasteiger partial charge in [0, 0.05) is 22.3 Å². The van der Waals surface area contributed by atoms with Crippen LogP contribution in [-0.4, -0.2) is 21.5 Å². The maximum atomic E-state index is 12.5. The van der Waals surface area contributed by atoms with Gasteiger partial charge in [-0.1, -0.05) is 6.92 Å². The van der Waals surface area contributed by atoms with Gasteiger partial charge in [-0.2, -0.15) is 0 Å². The van der Waals surface area contributed by atoms with Crippen molar-refractivity contribution in [2.45, 2.75) is 57.0 Å². The summed E-state index contributed by atoms with van der Waals surface area (Å²) in [6.07, 6.45) is 4.13. The lowest BCUT2D eigenvalue weighted by Gasteiger charge is -2.26. The second kappa shape index (κ2) is 6.56. The van der Waals surface area contributed by atoms with E-state index < -0.39 is 10.0 Å². The molecule has 1 saturated carbocycles. The minimum atomic E-state index is -3.37. The summed E-state index contributed by atoms with van der Waals surface area (Å²) in [7, 11) is -1.51. The Balaban J connectivity index is 2.10. The first-order chi connectivity index (χ1) is 9.42. The van der Waals surface area contributed by atoms with Gasteiger partial charge in [-0.15, -0.1) is 11.3 Å². The van der Waals surface area contributed by atoms with Gasteiger partial charge >= 0.3 is 0 Å². The van der Waals surface area contributed by atoms with E-state index in [0.717, 1.165) is 41.4 Å². The quantitative estimate of drug-likeness (QED) is 0.878. The molecule has 2 N–H and O–H groups in total. The van der Waals surface area contributed by atoms with Crippen LogP contribution in [-0.2, 0) is 16.6 Å². The molecule has 0 radical (unpaired) electrons. The molecule has 1 aliphatic carbocycles. The third-order valence-electron chi connectivity index (χ3n) is 3.90. The van der Waals surface area contributed by atoms with Gasteiger partial charge in [0.25, 0.3) is 0 Å². The number of rotatable bonds is 5. The van der Waals surface area contributed by atoms with Gasteiger partial charge in [-0.05, 0) is 51.6 Å². The van der Waals surface area contributed by atoms with E-state index in [9.17, 15) is 8.42 Å². The van der Waals surface area contributed by atoms with E-state index >= 15 is 0 Å². The summed E-state index contributed by atoms with van der Waals surface area (Å²) >= 11 is 1.55. The molecule has 0 atom stereocenters. The zero-order valence-electron chi connectivity index (χ0n) is 12.4. The minimum Gasteiger partial charge on any atom is -0.315 e. The van der Waals surface area contributed by atoms with Crippen LogP contribution < -0.4 is 10.0 Å². The molecule has 0 aromatic carbocycles. The number of sulfonamides is 1. The monoisotopic (exact) mass is 316 g/mol. The van der Waals surface area contributed by atoms with Crippen molar-refractivity contribution in [3.8, 4) is 0 Å². The Morgan fingerprint density at radius 1 is 1.30 bits per heavy atom. The summed E-state index contributed by atoms with van der Waals surface area (Å²) < 4.78 is 27.9. The van der Waals surface area contributed by atoms with E-state index in [1.54, 1.807) is 17.4 Å². The second-order valence-electron chi connectivity index (χ2n) is 5.74. The fourth-order valence-electron chi connectivity index (χ4n) is 2.71. The van der Waals surface area contributed by atoms with Crippen molar-refractivity contribution in [3.05, 3.63) is 15.8 Å². The topological polar surface area (TPSA) is 58.2 Å². The van der Waals surface area contributed by atoms with E-state index in [1.165, 1.54) is 0 Å². The molecule has 2 rings (SSSR count). The Kier molecular flexibility index (Phi) is 5.23. The maximum absolute atomic E-state index is 12.5. The average Bonchev–Trinajstić information content (AvgIpc) is 2.74. The highest BCUT2D eigenvalue weighted by Gasteiger charge is 2.26. The lowest BCUT2D eigenvalue weighted by Crippen LogP contribution is -2.37. The van der Waals surface area contributed by atoms with Crippen molar-refractivity contribution in [1.82, 2.24) is 10.0 Å². The van der Waals surface area contributed by atoms with Crippen LogP contribution in [0.2, 0.25) is 0 Å². The van der Waals surface area contributed by atoms with Gasteiger partial charge in [0.05, 0.1) is 4.90 Å². The lowest BCUT2D eigenvalue weighted by molar-refractivity contribution is 0.332. The maximum Gasteiger partial charge on any atom is 0.241 e. The number of hydrogen-bond donors (Lipinski definition) is 2. The van der Waals surface area contributed by atoms with E-state index in [1.807, 2.05) is 14.0 Å². The fraction of sp³-hybridized carbons (Fsp3) is 0.714. The van der Waals surface area contributed by atoms with Crippen LogP contribution in [0.4, 0.5) is 0 Å². The van der Waals surface area contributed by atoms with Crippen LogP contribution in [0.15, 0.2) is 11.0 Å². The summed E-state index contributed by atoms with van der Waals surface area (Å²) in [5, 5.41) is 3.06. The van der Waals surface area contributed by atoms with Crippen molar-refractivity contribution >= 4 is 21.4 Å². The molecule has 1 fully saturated rings. The molecule has 0 saturated heterocycles. The van der Waals surface area contributed by atoms with Gasteiger partial charge < -0.3 is 5.32 Å². The molecule has 0 amide bonds. The molecule has 1 heterocycles. The first-order valence-electron chi connectivity index (χ1n) is 7.18. The average molecular weight is 316 g/mol. The third-order valence-corrected chi connectivity index (χ3v) is 6.73. The van der Waals surface area contributed by atoms with Crippen LogP contribution >= 0.6 is 11.3 Å². The van der Waals surface area contributed by atoms with Gasteiger partial charge in [-0.25, -0.2) is 13.1 Å². The summed E-state index contributed by atoms with van der Waals surface area (Å²) in [5.41, 5.74) is 0. The van der Waals surface area contributed by atoms with Crippen molar-refractivity contribution in [1.29, 1.82) is 0 Å². The van der Waals surface area contributed by atoms with E-state index in [-0.39, 0.29) is 6.04 Å². The Labute approximate surface area is 126 Å². The zero-order chi connectivity index (χ0) is 14.8. The number of hydrogen-bond acceptors (Lipinski definition) is 4. The van der Waals surface area contributed by atoms with Gasteiger partial charge in [0.1, 0.15) is 0 Å². The van der Waals surface area contributed by atoms with Gasteiger partial charge in [0.15, 0.2) is 0 Å². The van der Waals surface area contributed by atoms with Crippen LogP contribution in [0, 0.1) is 12.8 Å². The smallest absolute Gasteiger partial charge is 0.241 e. The molecule has 1 aromatic rings. The molecule has 0 bridgehead atoms. The van der Waals surface area contributed by atoms with E-state index in [0.29, 0.717) is 11.4 Å². The first kappa shape index (κ1) is 15.9. The number of nitrogens with one attached hydrogen (secondary N) is 2. The van der Waals surface area contributed by atoms with Crippen LogP contribution in [0.25, 0.3) is 0 Å². The summed E-state index contributed by atoms with van der Waals surface area (Å²) in [6.45, 7) is 4.82. The SMILES string of the molecule is CNCc1cc(S(=O)(=O)NC2CCC(C)CC2)c(C)s1. The number of thiophene rings is 1. The zero-order valence-corrected chi connectivity index (χ0v) is 14.0. The Morgan fingerprint density at radius 2 is 1.95 bits per heavy atom. The lowest BCUT2D eigenvalue weighted by atomic mass is 9.88. The highest BCUT2D eigenvalue weighted by molar-refractivity contribution is 7.89. The standard InChI is InChI=1S/C14H24N2O2S2/c1-10-4-6-12(7-5-10)16-20(17,18)14-8-13(9-15-3)19-11(14)2/h8,10,12,15-16H,4-7,9H2,1-3H3. The fourth-order valence-corrected chi connectivity index (χ4v) is 5.67. The van der Waals surface area contributed by atoms with Crippen LogP contribution in [0.1, 0.15) is 42.4 Å². The molecule has 4 nitrogen and oxygen atoms in total. The molecular weight excluding hydrogens is 292 g/mol. The van der Waals surface area contributed by atoms with Crippen molar-refractivity contribution in [3.63, 3.8) is 0 Å². The number of aryl methyl sites for hydroxylation is 1. The molecule has 1 aromatic heterocycles. The van der Waals surface area contributed by atoms with E-state index in [4.69, 9.17) is 0 Å². The van der Waals surface area contributed by atoms with Crippen molar-refractivity contribution in [2.24, 2.45) is 5.92 Å². The predicted molar refractivity (Wildman–Crippen MR) is 83.6 cm³/mol. The van der Waals surface area contributed by atoms with Crippen molar-refractivity contribution < 1.29 is 8.42 Å². The molecule has 0 spiro atoms. The molecule has 114 valence electrons. The summed E-state index contributed by atoms with van der Waals surface area (Å²) in [5.74, 6) is 0.723. The highest BCUT2D eigenvalue weighted by Crippen LogP contribution is 2.28. The first-order valence-corrected chi connectivity index (χ1v) is 9.48. The van der Waals surface area contributed by atoms with Gasteiger partial charge in [0.2, 0.25) is 10.0 Å². The Morgan fingerprint density at radius 3 is 2.55 bits per heavy atom. The largest absolute Gasteiger partial charge is 0.315 e. The molecular formula is C14H24N2O2S2. The Hall–Kier alpha value is -0.430. The molecule has 6 heteroatoms. The molecule has 0 aliphatic heterocycles. The van der Waals surface area contributed by atoms with Crippen LogP contribution in [0.5, 0.6) is 0 Å². The van der Waals surface area contributed by atoms with Crippen LogP contribution in [0.3, 0.4) is 0 Å². The predicted octanol–water partition coefficient (Wildman–Crippen LogP) is 2.63. The Bertz CT molecular complexity index is 544. The molecule has 0 unspecified atom stereocenters. The minimum absolute atomic E-state index is 0.100. The van der Waals surface area contributed by atoms with Crippen molar-refractivity contribution in [2.75, 3.05) is 7.05 Å². The van der Waals surface area contributed by atoms with Gasteiger partial charge in [-0.3, -0.25) is 0 Å². The highest BCUT2D eigenvalue weighted by atomic mass is 32.2. The molecule has 20 heavy (non-hydrogen) atoms.